The minimum Gasteiger partial charge on any atom is -0.489 e. The molecular formula is C32H38N2O2. The summed E-state index contributed by atoms with van der Waals surface area (Å²) in [6, 6.07) is 17.0. The summed E-state index contributed by atoms with van der Waals surface area (Å²) in [6.07, 6.45) is 9.66. The van der Waals surface area contributed by atoms with E-state index in [4.69, 9.17) is 4.74 Å². The molecule has 7 rings (SSSR count). The Hall–Kier alpha value is -2.75. The van der Waals surface area contributed by atoms with E-state index in [-0.39, 0.29) is 5.41 Å². The van der Waals surface area contributed by atoms with E-state index in [1.54, 1.807) is 0 Å². The second kappa shape index (κ2) is 8.13. The van der Waals surface area contributed by atoms with Crippen molar-refractivity contribution < 1.29 is 9.94 Å². The largest absolute Gasteiger partial charge is 0.489 e. The number of nitrogens with zero attached hydrogens (tertiary/aromatic N) is 1. The zero-order valence-corrected chi connectivity index (χ0v) is 21.6. The second-order valence-electron chi connectivity index (χ2n) is 12.6. The predicted octanol–water partition coefficient (Wildman–Crippen LogP) is 7.53. The van der Waals surface area contributed by atoms with Gasteiger partial charge in [-0.2, -0.15) is 0 Å². The Labute approximate surface area is 214 Å². The number of nitrogens with one attached hydrogen (secondary N) is 1. The van der Waals surface area contributed by atoms with Gasteiger partial charge in [-0.1, -0.05) is 49.3 Å². The molecule has 0 spiro atoms. The Morgan fingerprint density at radius 1 is 1.03 bits per heavy atom. The molecule has 3 aromatic rings. The first-order valence-corrected chi connectivity index (χ1v) is 14.0. The third kappa shape index (κ3) is 3.22. The standard InChI is InChI=1S/C32H38N2O2/c1-31-15-14-27-23(26(31)11-13-30(31)34-35)10-8-21-16-29-25(18-32(21,27)2)24-17-22(9-12-28(24)33-29)36-19-20-6-4-3-5-7-20/h3-7,9,12,17,21,23,26-27,33,35H,8,10-11,13-16,18-19H2,1-2H3/b34-30+/t21-,23+,26-,27-,31+,32-/m0/s1. The highest BCUT2D eigenvalue weighted by molar-refractivity contribution is 5.92. The minimum atomic E-state index is 0.116. The van der Waals surface area contributed by atoms with Gasteiger partial charge in [0.05, 0.1) is 5.71 Å². The Morgan fingerprint density at radius 3 is 2.72 bits per heavy atom. The van der Waals surface area contributed by atoms with E-state index in [1.165, 1.54) is 72.7 Å². The number of aromatic nitrogens is 1. The summed E-state index contributed by atoms with van der Waals surface area (Å²) in [7, 11) is 0. The van der Waals surface area contributed by atoms with Crippen LogP contribution in [0.25, 0.3) is 10.9 Å². The molecule has 1 heterocycles. The molecule has 4 aliphatic rings. The van der Waals surface area contributed by atoms with Gasteiger partial charge in [-0.3, -0.25) is 0 Å². The predicted molar refractivity (Wildman–Crippen MR) is 144 cm³/mol. The molecule has 6 atom stereocenters. The molecule has 0 amide bonds. The summed E-state index contributed by atoms with van der Waals surface area (Å²) in [5.41, 5.74) is 6.97. The summed E-state index contributed by atoms with van der Waals surface area (Å²) >= 11 is 0. The number of fused-ring (bicyclic) bond motifs is 8. The lowest BCUT2D eigenvalue weighted by atomic mass is 9.45. The first kappa shape index (κ1) is 22.4. The number of hydrogen-bond donors (Lipinski definition) is 2. The van der Waals surface area contributed by atoms with Crippen molar-refractivity contribution in [1.29, 1.82) is 0 Å². The van der Waals surface area contributed by atoms with Crippen molar-refractivity contribution in [2.45, 2.75) is 71.8 Å². The van der Waals surface area contributed by atoms with Crippen molar-refractivity contribution in [1.82, 2.24) is 4.98 Å². The maximum absolute atomic E-state index is 9.69. The van der Waals surface area contributed by atoms with Gasteiger partial charge in [-0.25, -0.2) is 0 Å². The van der Waals surface area contributed by atoms with Crippen LogP contribution >= 0.6 is 0 Å². The van der Waals surface area contributed by atoms with Gasteiger partial charge in [0.1, 0.15) is 12.4 Å². The molecule has 3 saturated carbocycles. The first-order chi connectivity index (χ1) is 17.5. The van der Waals surface area contributed by atoms with Crippen LogP contribution in [0, 0.1) is 34.5 Å². The van der Waals surface area contributed by atoms with Gasteiger partial charge >= 0.3 is 0 Å². The van der Waals surface area contributed by atoms with E-state index >= 15 is 0 Å². The molecule has 1 aromatic heterocycles. The third-order valence-corrected chi connectivity index (χ3v) is 11.1. The van der Waals surface area contributed by atoms with Crippen molar-refractivity contribution in [3.05, 3.63) is 65.4 Å². The highest BCUT2D eigenvalue weighted by atomic mass is 16.5. The summed E-state index contributed by atoms with van der Waals surface area (Å²) < 4.78 is 6.21. The second-order valence-corrected chi connectivity index (χ2v) is 12.6. The summed E-state index contributed by atoms with van der Waals surface area (Å²) in [6.45, 7) is 5.60. The molecule has 0 radical (unpaired) electrons. The van der Waals surface area contributed by atoms with E-state index in [0.717, 1.165) is 35.6 Å². The van der Waals surface area contributed by atoms with Crippen molar-refractivity contribution in [2.24, 2.45) is 39.7 Å². The average Bonchev–Trinajstić information content (AvgIpc) is 3.42. The van der Waals surface area contributed by atoms with Crippen LogP contribution in [0.3, 0.4) is 0 Å². The topological polar surface area (TPSA) is 57.6 Å². The molecule has 2 N–H and O–H groups in total. The SMILES string of the molecule is C[C@]12Cc3c([nH]c4ccc(OCc5ccccc5)cc34)C[C@@H]1CC[C@H]1[C@@H]2CC[C@@]2(C)/C(=N/O)CC[C@@H]12. The molecule has 36 heavy (non-hydrogen) atoms. The molecular weight excluding hydrogens is 444 g/mol. The van der Waals surface area contributed by atoms with Crippen molar-refractivity contribution in [3.63, 3.8) is 0 Å². The normalized spacial score (nSPS) is 36.2. The summed E-state index contributed by atoms with van der Waals surface area (Å²) in [5, 5.41) is 14.8. The molecule has 0 aliphatic heterocycles. The molecule has 0 bridgehead atoms. The summed E-state index contributed by atoms with van der Waals surface area (Å²) in [5.74, 6) is 3.92. The van der Waals surface area contributed by atoms with Crippen LogP contribution in [-0.4, -0.2) is 15.9 Å². The Balaban J connectivity index is 1.19. The molecule has 4 aliphatic carbocycles. The number of benzene rings is 2. The quantitative estimate of drug-likeness (QED) is 0.299. The molecule has 0 saturated heterocycles. The van der Waals surface area contributed by atoms with Crippen LogP contribution in [0.5, 0.6) is 5.75 Å². The van der Waals surface area contributed by atoms with E-state index < -0.39 is 0 Å². The lowest BCUT2D eigenvalue weighted by Gasteiger charge is -2.59. The van der Waals surface area contributed by atoms with Crippen LogP contribution in [-0.2, 0) is 19.4 Å². The number of aromatic amines is 1. The van der Waals surface area contributed by atoms with Crippen LogP contribution in [0.1, 0.15) is 69.2 Å². The fraction of sp³-hybridized carbons (Fsp3) is 0.531. The fourth-order valence-corrected chi connectivity index (χ4v) is 9.22. The van der Waals surface area contributed by atoms with E-state index in [1.807, 2.05) is 6.07 Å². The fourth-order valence-electron chi connectivity index (χ4n) is 9.22. The van der Waals surface area contributed by atoms with Crippen LogP contribution in [0.4, 0.5) is 0 Å². The number of ether oxygens (including phenoxy) is 1. The Bertz CT molecular complexity index is 1330. The zero-order valence-electron chi connectivity index (χ0n) is 21.6. The lowest BCUT2D eigenvalue weighted by molar-refractivity contribution is -0.0796. The van der Waals surface area contributed by atoms with Crippen molar-refractivity contribution in [2.75, 3.05) is 0 Å². The van der Waals surface area contributed by atoms with Gasteiger partial charge in [0.2, 0.25) is 0 Å². The maximum Gasteiger partial charge on any atom is 0.120 e. The van der Waals surface area contributed by atoms with Gasteiger partial charge in [-0.05, 0) is 110 Å². The number of H-pyrrole nitrogens is 1. The zero-order chi connectivity index (χ0) is 24.5. The van der Waals surface area contributed by atoms with Gasteiger partial charge < -0.3 is 14.9 Å². The molecule has 4 nitrogen and oxygen atoms in total. The van der Waals surface area contributed by atoms with E-state index in [9.17, 15) is 5.21 Å². The highest BCUT2D eigenvalue weighted by Gasteiger charge is 2.59. The maximum atomic E-state index is 9.69. The van der Waals surface area contributed by atoms with Gasteiger partial charge in [0.25, 0.3) is 0 Å². The first-order valence-electron chi connectivity index (χ1n) is 14.0. The molecule has 0 unspecified atom stereocenters. The Morgan fingerprint density at radius 2 is 1.89 bits per heavy atom. The lowest BCUT2D eigenvalue weighted by Crippen LogP contribution is -2.54. The Kier molecular flexibility index (Phi) is 5.07. The average molecular weight is 483 g/mol. The van der Waals surface area contributed by atoms with Crippen LogP contribution in [0.15, 0.2) is 53.7 Å². The summed E-state index contributed by atoms with van der Waals surface area (Å²) in [4.78, 5) is 3.80. The minimum absolute atomic E-state index is 0.116. The van der Waals surface area contributed by atoms with E-state index in [0.29, 0.717) is 17.9 Å². The van der Waals surface area contributed by atoms with E-state index in [2.05, 4.69) is 66.5 Å². The smallest absolute Gasteiger partial charge is 0.120 e. The molecule has 4 heteroatoms. The van der Waals surface area contributed by atoms with Crippen molar-refractivity contribution in [3.8, 4) is 5.75 Å². The van der Waals surface area contributed by atoms with Gasteiger partial charge in [0.15, 0.2) is 0 Å². The number of hydrogen-bond acceptors (Lipinski definition) is 3. The van der Waals surface area contributed by atoms with Crippen LogP contribution in [0.2, 0.25) is 0 Å². The molecule has 2 aromatic carbocycles. The van der Waals surface area contributed by atoms with Gasteiger partial charge in [0, 0.05) is 22.0 Å². The third-order valence-electron chi connectivity index (χ3n) is 11.1. The monoisotopic (exact) mass is 482 g/mol. The molecule has 188 valence electrons. The number of rotatable bonds is 3. The number of oxime groups is 1. The van der Waals surface area contributed by atoms with Crippen LogP contribution < -0.4 is 4.74 Å². The molecule has 3 fully saturated rings. The highest BCUT2D eigenvalue weighted by Crippen LogP contribution is 2.65. The van der Waals surface area contributed by atoms with Gasteiger partial charge in [-0.15, -0.1) is 0 Å². The van der Waals surface area contributed by atoms with Crippen molar-refractivity contribution >= 4 is 16.6 Å².